The number of piperidine rings is 1. The second kappa shape index (κ2) is 6.40. The van der Waals surface area contributed by atoms with E-state index < -0.39 is 24.0 Å². The maximum Gasteiger partial charge on any atom is 0.338 e. The summed E-state index contributed by atoms with van der Waals surface area (Å²) in [4.78, 5) is 37.5. The van der Waals surface area contributed by atoms with E-state index in [0.29, 0.717) is 12.0 Å². The standard InChI is InChI=1S/C17H19NO5/c1-22-17(21)15-13-8-7-12(18(13)10-19)9-14(15)23-16(20)11-5-3-2-4-6-11/h2-6,10,12-15H,7-9H2,1H3/t12-,13+,14-,15+/m0/s1. The van der Waals surface area contributed by atoms with Crippen molar-refractivity contribution in [1.29, 1.82) is 0 Å². The molecule has 2 bridgehead atoms. The first-order chi connectivity index (χ1) is 11.2. The number of nitrogens with zero attached hydrogens (tertiary/aromatic N) is 1. The van der Waals surface area contributed by atoms with Gasteiger partial charge >= 0.3 is 11.9 Å². The number of benzene rings is 1. The summed E-state index contributed by atoms with van der Waals surface area (Å²) in [6.45, 7) is 0. The van der Waals surface area contributed by atoms with Crippen LogP contribution in [0.1, 0.15) is 29.6 Å². The first-order valence-corrected chi connectivity index (χ1v) is 7.72. The van der Waals surface area contributed by atoms with E-state index in [2.05, 4.69) is 0 Å². The minimum Gasteiger partial charge on any atom is -0.469 e. The molecule has 6 heteroatoms. The highest BCUT2D eigenvalue weighted by Gasteiger charge is 2.52. The molecule has 0 unspecified atom stereocenters. The molecule has 6 nitrogen and oxygen atoms in total. The molecule has 1 aromatic carbocycles. The van der Waals surface area contributed by atoms with Crippen molar-refractivity contribution >= 4 is 18.3 Å². The van der Waals surface area contributed by atoms with Crippen molar-refractivity contribution < 1.29 is 23.9 Å². The summed E-state index contributed by atoms with van der Waals surface area (Å²) >= 11 is 0. The van der Waals surface area contributed by atoms with E-state index in [1.165, 1.54) is 7.11 Å². The lowest BCUT2D eigenvalue weighted by Gasteiger charge is -2.40. The van der Waals surface area contributed by atoms with E-state index in [1.807, 2.05) is 6.07 Å². The molecule has 1 aromatic rings. The normalized spacial score (nSPS) is 29.0. The van der Waals surface area contributed by atoms with Crippen molar-refractivity contribution in [3.63, 3.8) is 0 Å². The summed E-state index contributed by atoms with van der Waals surface area (Å²) in [5, 5.41) is 0. The number of esters is 2. The molecule has 4 atom stereocenters. The number of ether oxygens (including phenoxy) is 2. The summed E-state index contributed by atoms with van der Waals surface area (Å²) in [7, 11) is 1.31. The SMILES string of the molecule is COC(=O)[C@H]1[C@@H](OC(=O)c2ccccc2)C[C@@H]2CC[C@H]1N2C=O. The molecule has 23 heavy (non-hydrogen) atoms. The summed E-state index contributed by atoms with van der Waals surface area (Å²) in [6, 6.07) is 8.44. The van der Waals surface area contributed by atoms with Crippen LogP contribution in [0.15, 0.2) is 30.3 Å². The van der Waals surface area contributed by atoms with E-state index >= 15 is 0 Å². The van der Waals surface area contributed by atoms with Gasteiger partial charge in [0.2, 0.25) is 6.41 Å². The number of carbonyl (C=O) groups excluding carboxylic acids is 3. The fraction of sp³-hybridized carbons (Fsp3) is 0.471. The van der Waals surface area contributed by atoms with Gasteiger partial charge in [-0.15, -0.1) is 0 Å². The molecule has 0 saturated carbocycles. The third-order valence-electron chi connectivity index (χ3n) is 4.78. The lowest BCUT2D eigenvalue weighted by atomic mass is 9.87. The van der Waals surface area contributed by atoms with Gasteiger partial charge in [0.15, 0.2) is 0 Å². The topological polar surface area (TPSA) is 72.9 Å². The van der Waals surface area contributed by atoms with Crippen LogP contribution >= 0.6 is 0 Å². The van der Waals surface area contributed by atoms with Crippen LogP contribution in [-0.4, -0.2) is 48.5 Å². The van der Waals surface area contributed by atoms with Crippen LogP contribution in [0.25, 0.3) is 0 Å². The molecule has 2 saturated heterocycles. The molecule has 2 aliphatic heterocycles. The fourth-order valence-electron chi connectivity index (χ4n) is 3.71. The van der Waals surface area contributed by atoms with Crippen molar-refractivity contribution in [1.82, 2.24) is 4.90 Å². The Morgan fingerprint density at radius 3 is 2.61 bits per heavy atom. The molecule has 0 N–H and O–H groups in total. The molecular formula is C17H19NO5. The third-order valence-corrected chi connectivity index (χ3v) is 4.78. The highest BCUT2D eigenvalue weighted by atomic mass is 16.6. The Hall–Kier alpha value is -2.37. The van der Waals surface area contributed by atoms with Gasteiger partial charge in [-0.25, -0.2) is 4.79 Å². The minimum atomic E-state index is -0.628. The van der Waals surface area contributed by atoms with Gasteiger partial charge in [-0.1, -0.05) is 18.2 Å². The zero-order valence-corrected chi connectivity index (χ0v) is 12.9. The van der Waals surface area contributed by atoms with E-state index in [-0.39, 0.29) is 12.1 Å². The van der Waals surface area contributed by atoms with Crippen molar-refractivity contribution in [2.45, 2.75) is 37.5 Å². The zero-order valence-electron chi connectivity index (χ0n) is 12.9. The van der Waals surface area contributed by atoms with Gasteiger partial charge in [-0.2, -0.15) is 0 Å². The van der Waals surface area contributed by atoms with Crippen LogP contribution in [-0.2, 0) is 19.1 Å². The quantitative estimate of drug-likeness (QED) is 0.620. The number of hydrogen-bond donors (Lipinski definition) is 0. The van der Waals surface area contributed by atoms with Crippen molar-refractivity contribution in [2.24, 2.45) is 5.92 Å². The third kappa shape index (κ3) is 2.81. The van der Waals surface area contributed by atoms with Gasteiger partial charge in [0, 0.05) is 18.5 Å². The van der Waals surface area contributed by atoms with Crippen molar-refractivity contribution in [3.05, 3.63) is 35.9 Å². The molecule has 2 fully saturated rings. The van der Waals surface area contributed by atoms with Crippen LogP contribution in [0.2, 0.25) is 0 Å². The Morgan fingerprint density at radius 1 is 1.22 bits per heavy atom. The van der Waals surface area contributed by atoms with Gasteiger partial charge in [-0.3, -0.25) is 9.59 Å². The largest absolute Gasteiger partial charge is 0.469 e. The highest BCUT2D eigenvalue weighted by Crippen LogP contribution is 2.40. The molecule has 0 aliphatic carbocycles. The van der Waals surface area contributed by atoms with Crippen LogP contribution in [0.3, 0.4) is 0 Å². The molecule has 0 spiro atoms. The van der Waals surface area contributed by atoms with Crippen LogP contribution in [0.4, 0.5) is 0 Å². The van der Waals surface area contributed by atoms with E-state index in [4.69, 9.17) is 9.47 Å². The monoisotopic (exact) mass is 317 g/mol. The van der Waals surface area contributed by atoms with Gasteiger partial charge in [0.1, 0.15) is 12.0 Å². The average Bonchev–Trinajstić information content (AvgIpc) is 2.88. The number of methoxy groups -OCH3 is 1. The average molecular weight is 317 g/mol. The Kier molecular flexibility index (Phi) is 4.32. The van der Waals surface area contributed by atoms with E-state index in [9.17, 15) is 14.4 Å². The molecule has 2 heterocycles. The predicted octanol–water partition coefficient (Wildman–Crippen LogP) is 1.39. The highest BCUT2D eigenvalue weighted by molar-refractivity contribution is 5.89. The van der Waals surface area contributed by atoms with Gasteiger partial charge in [0.25, 0.3) is 0 Å². The molecule has 0 radical (unpaired) electrons. The zero-order chi connectivity index (χ0) is 16.4. The second-order valence-corrected chi connectivity index (χ2v) is 5.95. The number of rotatable bonds is 4. The number of amides is 1. The minimum absolute atomic E-state index is 0.0204. The second-order valence-electron chi connectivity index (χ2n) is 5.95. The summed E-state index contributed by atoms with van der Waals surface area (Å²) in [5.41, 5.74) is 0.446. The number of fused-ring (bicyclic) bond motifs is 2. The Labute approximate surface area is 134 Å². The lowest BCUT2D eigenvalue weighted by molar-refractivity contribution is -0.157. The smallest absolute Gasteiger partial charge is 0.338 e. The maximum atomic E-state index is 12.3. The van der Waals surface area contributed by atoms with E-state index in [1.54, 1.807) is 29.2 Å². The number of carbonyl (C=O) groups is 3. The Morgan fingerprint density at radius 2 is 1.96 bits per heavy atom. The molecule has 3 rings (SSSR count). The first-order valence-electron chi connectivity index (χ1n) is 7.72. The van der Waals surface area contributed by atoms with E-state index in [0.717, 1.165) is 19.3 Å². The number of hydrogen-bond acceptors (Lipinski definition) is 5. The van der Waals surface area contributed by atoms with Gasteiger partial charge in [-0.05, 0) is 25.0 Å². The Balaban J connectivity index is 1.81. The first kappa shape index (κ1) is 15.5. The summed E-state index contributed by atoms with van der Waals surface area (Å²) < 4.78 is 10.5. The van der Waals surface area contributed by atoms with Crippen LogP contribution < -0.4 is 0 Å². The predicted molar refractivity (Wildman–Crippen MR) is 80.5 cm³/mol. The van der Waals surface area contributed by atoms with Crippen LogP contribution in [0, 0.1) is 5.92 Å². The van der Waals surface area contributed by atoms with Crippen LogP contribution in [0.5, 0.6) is 0 Å². The summed E-state index contributed by atoms with van der Waals surface area (Å²) in [6.07, 6.45) is 2.23. The van der Waals surface area contributed by atoms with Gasteiger partial charge < -0.3 is 14.4 Å². The molecule has 0 aromatic heterocycles. The van der Waals surface area contributed by atoms with Crippen molar-refractivity contribution in [2.75, 3.05) is 7.11 Å². The summed E-state index contributed by atoms with van der Waals surface area (Å²) in [5.74, 6) is -1.52. The van der Waals surface area contributed by atoms with Crippen molar-refractivity contribution in [3.8, 4) is 0 Å². The maximum absolute atomic E-state index is 12.3. The Bertz CT molecular complexity index is 602. The molecule has 2 aliphatic rings. The molecular weight excluding hydrogens is 298 g/mol. The van der Waals surface area contributed by atoms with Gasteiger partial charge in [0.05, 0.1) is 12.7 Å². The fourth-order valence-corrected chi connectivity index (χ4v) is 3.71. The molecule has 122 valence electrons. The lowest BCUT2D eigenvalue weighted by Crippen LogP contribution is -2.54. The molecule has 1 amide bonds.